The molecule has 1 aromatic rings. The van der Waals surface area contributed by atoms with Crippen LogP contribution < -0.4 is 5.32 Å². The first kappa shape index (κ1) is 15.3. The molecule has 1 atom stereocenters. The van der Waals surface area contributed by atoms with Gasteiger partial charge in [-0.25, -0.2) is 9.59 Å². The van der Waals surface area contributed by atoms with Crippen LogP contribution in [0.2, 0.25) is 0 Å². The Morgan fingerprint density at radius 1 is 1.13 bits per heavy atom. The summed E-state index contributed by atoms with van der Waals surface area (Å²) in [6, 6.07) is 7.92. The van der Waals surface area contributed by atoms with Crippen LogP contribution in [-0.2, 0) is 20.9 Å². The number of carbonyl (C=O) groups excluding carboxylic acids is 1. The van der Waals surface area contributed by atoms with E-state index >= 15 is 0 Å². The van der Waals surface area contributed by atoms with Crippen molar-refractivity contribution < 1.29 is 29.3 Å². The summed E-state index contributed by atoms with van der Waals surface area (Å²) in [6.07, 6.45) is 0.0391. The standard InChI is InChI=1S/C16H17NO6/c18-12(19)11(15-7-16(8-15,9-15)13(20)21)17-14(22)23-6-10-4-2-1-3-5-10/h1-5,11H,6-9H2,(H,17,22)(H,18,19)(H,20,21)/t11-,15?,16?/m0/s1. The Hall–Kier alpha value is -2.57. The second-order valence-electron chi connectivity index (χ2n) is 6.46. The third kappa shape index (κ3) is 2.52. The third-order valence-electron chi connectivity index (χ3n) is 4.86. The zero-order valence-corrected chi connectivity index (χ0v) is 12.3. The van der Waals surface area contributed by atoms with Gasteiger partial charge in [0.05, 0.1) is 5.41 Å². The van der Waals surface area contributed by atoms with Gasteiger partial charge in [-0.3, -0.25) is 4.79 Å². The molecule has 3 aliphatic carbocycles. The van der Waals surface area contributed by atoms with Crippen molar-refractivity contribution in [3.63, 3.8) is 0 Å². The SMILES string of the molecule is O=C(N[C@@H](C(=O)O)C12CC(C(=O)O)(C1)C2)OCc1ccccc1. The van der Waals surface area contributed by atoms with E-state index in [0.29, 0.717) is 0 Å². The lowest BCUT2D eigenvalue weighted by Gasteiger charge is -2.69. The molecular weight excluding hydrogens is 302 g/mol. The number of carboxylic acids is 2. The number of hydrogen-bond donors (Lipinski definition) is 3. The number of hydrogen-bond acceptors (Lipinski definition) is 4. The molecule has 0 radical (unpaired) electrons. The van der Waals surface area contributed by atoms with E-state index in [-0.39, 0.29) is 25.9 Å². The van der Waals surface area contributed by atoms with E-state index in [1.165, 1.54) is 0 Å². The minimum atomic E-state index is -1.17. The quantitative estimate of drug-likeness (QED) is 0.734. The first-order valence-corrected chi connectivity index (χ1v) is 7.30. The molecule has 3 aliphatic rings. The van der Waals surface area contributed by atoms with Crippen molar-refractivity contribution in [2.24, 2.45) is 10.8 Å². The van der Waals surface area contributed by atoms with Crippen LogP contribution in [0.25, 0.3) is 0 Å². The van der Waals surface area contributed by atoms with Crippen LogP contribution in [0.15, 0.2) is 30.3 Å². The molecule has 0 heterocycles. The predicted octanol–water partition coefficient (Wildman–Crippen LogP) is 1.62. The Morgan fingerprint density at radius 2 is 1.74 bits per heavy atom. The fourth-order valence-corrected chi connectivity index (χ4v) is 3.76. The van der Waals surface area contributed by atoms with Crippen molar-refractivity contribution in [1.29, 1.82) is 0 Å². The van der Waals surface area contributed by atoms with Crippen LogP contribution >= 0.6 is 0 Å². The van der Waals surface area contributed by atoms with Gasteiger partial charge in [-0.05, 0) is 24.8 Å². The van der Waals surface area contributed by atoms with Crippen LogP contribution in [-0.4, -0.2) is 34.3 Å². The molecule has 7 nitrogen and oxygen atoms in total. The van der Waals surface area contributed by atoms with Gasteiger partial charge in [0.25, 0.3) is 0 Å². The smallest absolute Gasteiger partial charge is 0.408 e. The number of amides is 1. The highest BCUT2D eigenvalue weighted by Gasteiger charge is 2.75. The van der Waals surface area contributed by atoms with Crippen molar-refractivity contribution in [3.05, 3.63) is 35.9 Å². The van der Waals surface area contributed by atoms with Gasteiger partial charge in [-0.2, -0.15) is 0 Å². The molecule has 0 aliphatic heterocycles. The summed E-state index contributed by atoms with van der Waals surface area (Å²) in [4.78, 5) is 34.4. The summed E-state index contributed by atoms with van der Waals surface area (Å²) in [7, 11) is 0. The molecule has 0 aromatic heterocycles. The number of carboxylic acid groups (broad SMARTS) is 2. The molecule has 3 fully saturated rings. The molecular formula is C16H17NO6. The van der Waals surface area contributed by atoms with E-state index in [2.05, 4.69) is 5.32 Å². The van der Waals surface area contributed by atoms with Gasteiger partial charge < -0.3 is 20.3 Å². The van der Waals surface area contributed by atoms with Gasteiger partial charge in [0.2, 0.25) is 0 Å². The van der Waals surface area contributed by atoms with E-state index < -0.39 is 34.9 Å². The van der Waals surface area contributed by atoms with Gasteiger partial charge in [0.15, 0.2) is 0 Å². The average molecular weight is 319 g/mol. The molecule has 23 heavy (non-hydrogen) atoms. The topological polar surface area (TPSA) is 113 Å². The first-order chi connectivity index (χ1) is 10.9. The molecule has 122 valence electrons. The Balaban J connectivity index is 1.56. The summed E-state index contributed by atoms with van der Waals surface area (Å²) in [5.74, 6) is -2.06. The molecule has 1 aromatic carbocycles. The molecule has 0 spiro atoms. The van der Waals surface area contributed by atoms with E-state index in [1.54, 1.807) is 12.1 Å². The number of benzene rings is 1. The van der Waals surface area contributed by atoms with Crippen LogP contribution in [0.1, 0.15) is 24.8 Å². The maximum atomic E-state index is 11.8. The summed E-state index contributed by atoms with van der Waals surface area (Å²) < 4.78 is 5.03. The van der Waals surface area contributed by atoms with Crippen molar-refractivity contribution >= 4 is 18.0 Å². The van der Waals surface area contributed by atoms with E-state index in [0.717, 1.165) is 5.56 Å². The zero-order valence-electron chi connectivity index (χ0n) is 12.3. The van der Waals surface area contributed by atoms with Crippen molar-refractivity contribution in [1.82, 2.24) is 5.32 Å². The van der Waals surface area contributed by atoms with Gasteiger partial charge in [-0.1, -0.05) is 30.3 Å². The lowest BCUT2D eigenvalue weighted by molar-refractivity contribution is -0.234. The van der Waals surface area contributed by atoms with E-state index in [1.807, 2.05) is 18.2 Å². The van der Waals surface area contributed by atoms with Gasteiger partial charge in [0, 0.05) is 5.41 Å². The number of aliphatic carboxylic acids is 2. The predicted molar refractivity (Wildman–Crippen MR) is 77.5 cm³/mol. The number of carbonyl (C=O) groups is 3. The van der Waals surface area contributed by atoms with Crippen molar-refractivity contribution in [2.45, 2.75) is 31.9 Å². The van der Waals surface area contributed by atoms with Crippen LogP contribution in [0.3, 0.4) is 0 Å². The minimum absolute atomic E-state index is 0.0467. The van der Waals surface area contributed by atoms with Crippen LogP contribution in [0.5, 0.6) is 0 Å². The van der Waals surface area contributed by atoms with Crippen molar-refractivity contribution in [3.8, 4) is 0 Å². The molecule has 7 heteroatoms. The Kier molecular flexibility index (Phi) is 3.50. The summed E-state index contributed by atoms with van der Waals surface area (Å²) in [5, 5.41) is 20.8. The molecule has 1 amide bonds. The normalized spacial score (nSPS) is 28.7. The second kappa shape index (κ2) is 5.26. The molecule has 0 unspecified atom stereocenters. The maximum Gasteiger partial charge on any atom is 0.408 e. The largest absolute Gasteiger partial charge is 0.481 e. The average Bonchev–Trinajstić information content (AvgIpc) is 2.42. The lowest BCUT2D eigenvalue weighted by atomic mass is 9.33. The van der Waals surface area contributed by atoms with Crippen LogP contribution in [0.4, 0.5) is 4.79 Å². The highest BCUT2D eigenvalue weighted by Crippen LogP contribution is 2.74. The zero-order chi connectivity index (χ0) is 16.7. The number of rotatable bonds is 6. The minimum Gasteiger partial charge on any atom is -0.481 e. The molecule has 3 N–H and O–H groups in total. The Morgan fingerprint density at radius 3 is 2.26 bits per heavy atom. The molecule has 0 saturated heterocycles. The Labute approximate surface area is 132 Å². The Bertz CT molecular complexity index is 636. The van der Waals surface area contributed by atoms with Crippen molar-refractivity contribution in [2.75, 3.05) is 0 Å². The molecule has 3 saturated carbocycles. The first-order valence-electron chi connectivity index (χ1n) is 7.30. The van der Waals surface area contributed by atoms with E-state index in [4.69, 9.17) is 9.84 Å². The highest BCUT2D eigenvalue weighted by atomic mass is 16.5. The van der Waals surface area contributed by atoms with E-state index in [9.17, 15) is 19.5 Å². The maximum absolute atomic E-state index is 11.8. The lowest BCUT2D eigenvalue weighted by Crippen LogP contribution is -2.73. The highest BCUT2D eigenvalue weighted by molar-refractivity contribution is 5.85. The summed E-state index contributed by atoms with van der Waals surface area (Å²) in [5.41, 5.74) is -0.649. The van der Waals surface area contributed by atoms with Crippen LogP contribution in [0, 0.1) is 10.8 Å². The summed E-state index contributed by atoms with van der Waals surface area (Å²) in [6.45, 7) is 0.0467. The van der Waals surface area contributed by atoms with Gasteiger partial charge >= 0.3 is 18.0 Å². The molecule has 4 rings (SSSR count). The van der Waals surface area contributed by atoms with Gasteiger partial charge in [0.1, 0.15) is 12.6 Å². The summed E-state index contributed by atoms with van der Waals surface area (Å²) >= 11 is 0. The fraction of sp³-hybridized carbons (Fsp3) is 0.438. The number of nitrogens with one attached hydrogen (secondary N) is 1. The molecule has 2 bridgehead atoms. The number of alkyl carbamates (subject to hydrolysis) is 1. The third-order valence-corrected chi connectivity index (χ3v) is 4.86. The second-order valence-corrected chi connectivity index (χ2v) is 6.46. The number of ether oxygens (including phenoxy) is 1. The monoisotopic (exact) mass is 319 g/mol. The van der Waals surface area contributed by atoms with Gasteiger partial charge in [-0.15, -0.1) is 0 Å². The fourth-order valence-electron chi connectivity index (χ4n) is 3.76.